The van der Waals surface area contributed by atoms with Gasteiger partial charge >= 0.3 is 24.9 Å². The first-order chi connectivity index (χ1) is 22.7. The average molecular weight is 715 g/mol. The summed E-state index contributed by atoms with van der Waals surface area (Å²) in [6.45, 7) is 0.0118. The van der Waals surface area contributed by atoms with Crippen LogP contribution in [0.5, 0.6) is 5.75 Å². The van der Waals surface area contributed by atoms with Gasteiger partial charge in [-0.15, -0.1) is 0 Å². The predicted molar refractivity (Wildman–Crippen MR) is 148 cm³/mol. The molecule has 0 aromatic heterocycles. The Morgan fingerprint density at radius 2 is 1.51 bits per heavy atom. The maximum atomic E-state index is 15.1. The maximum Gasteiger partial charge on any atom is 0.461 e. The standard InChI is InChI=1S/C32H23F13N2O2/c33-21-10-20(11-22(13-21)49-32(44,45)28(36)37)29(14-16-1-3-17(15-46)4-2-16,19-6-8-26(35)24(12-19)31(41,42)43)47-27(48)18-5-7-25(34)23(9-18)30(38,39)40/h1-7,9-13,26,28H,8,14-15,46H2,(H,47,48)/t26?,29-/m0/s1. The molecule has 0 aliphatic heterocycles. The normalized spacial score (nSPS) is 16.9. The van der Waals surface area contributed by atoms with E-state index < -0.39 is 101 Å². The molecule has 17 heteroatoms. The number of hydrogen-bond acceptors (Lipinski definition) is 3. The minimum absolute atomic E-state index is 0.0118. The molecule has 1 unspecified atom stereocenters. The first-order valence-corrected chi connectivity index (χ1v) is 13.9. The second-order valence-corrected chi connectivity index (χ2v) is 10.8. The molecule has 0 spiro atoms. The number of ether oxygens (including phenoxy) is 1. The third-order valence-electron chi connectivity index (χ3n) is 7.47. The summed E-state index contributed by atoms with van der Waals surface area (Å²) in [5.74, 6) is -6.10. The number of amides is 1. The molecule has 0 saturated carbocycles. The Balaban J connectivity index is 2.03. The Morgan fingerprint density at radius 1 is 0.878 bits per heavy atom. The molecule has 1 amide bonds. The lowest BCUT2D eigenvalue weighted by molar-refractivity contribution is -0.253. The largest absolute Gasteiger partial charge is 0.461 e. The van der Waals surface area contributed by atoms with Crippen LogP contribution in [0.3, 0.4) is 0 Å². The molecular formula is C32H23F13N2O2. The van der Waals surface area contributed by atoms with Crippen molar-refractivity contribution in [1.82, 2.24) is 5.32 Å². The summed E-state index contributed by atoms with van der Waals surface area (Å²) >= 11 is 0. The molecule has 4 nitrogen and oxygen atoms in total. The lowest BCUT2D eigenvalue weighted by Gasteiger charge is -2.39. The van der Waals surface area contributed by atoms with E-state index >= 15 is 4.39 Å². The van der Waals surface area contributed by atoms with Gasteiger partial charge in [0.25, 0.3) is 5.91 Å². The van der Waals surface area contributed by atoms with Gasteiger partial charge < -0.3 is 15.8 Å². The van der Waals surface area contributed by atoms with Gasteiger partial charge in [0, 0.05) is 31.0 Å². The molecule has 1 aliphatic rings. The Kier molecular flexibility index (Phi) is 10.5. The smallest absolute Gasteiger partial charge is 0.428 e. The average Bonchev–Trinajstić information content (AvgIpc) is 2.99. The molecule has 0 fully saturated rings. The summed E-state index contributed by atoms with van der Waals surface area (Å²) in [7, 11) is 0. The van der Waals surface area contributed by atoms with E-state index in [0.29, 0.717) is 23.8 Å². The summed E-state index contributed by atoms with van der Waals surface area (Å²) in [5, 5.41) is 2.22. The second kappa shape index (κ2) is 13.8. The highest BCUT2D eigenvalue weighted by molar-refractivity contribution is 5.95. The quantitative estimate of drug-likeness (QED) is 0.207. The number of rotatable bonds is 10. The molecule has 4 rings (SSSR count). The molecule has 264 valence electrons. The molecule has 2 atom stereocenters. The SMILES string of the molecule is NCc1ccc(C[C@](NC(=O)c2ccc(F)c(C(F)(F)F)c2)(C2=CCC(F)C(C(F)(F)F)=C2)c2cc(F)cc(OC(F)(F)C(F)F)c2)cc1. The van der Waals surface area contributed by atoms with Crippen molar-refractivity contribution in [2.45, 2.75) is 56.0 Å². The van der Waals surface area contributed by atoms with Crippen molar-refractivity contribution in [1.29, 1.82) is 0 Å². The summed E-state index contributed by atoms with van der Waals surface area (Å²) in [4.78, 5) is 13.7. The predicted octanol–water partition coefficient (Wildman–Crippen LogP) is 8.70. The minimum Gasteiger partial charge on any atom is -0.428 e. The Bertz CT molecular complexity index is 1750. The van der Waals surface area contributed by atoms with Crippen molar-refractivity contribution in [3.05, 3.63) is 123 Å². The van der Waals surface area contributed by atoms with Crippen LogP contribution in [0.25, 0.3) is 0 Å². The molecule has 3 aromatic rings. The van der Waals surface area contributed by atoms with E-state index in [1.807, 2.05) is 0 Å². The van der Waals surface area contributed by atoms with Crippen molar-refractivity contribution in [3.63, 3.8) is 0 Å². The highest BCUT2D eigenvalue weighted by Crippen LogP contribution is 2.44. The van der Waals surface area contributed by atoms with E-state index in [-0.39, 0.29) is 36.4 Å². The van der Waals surface area contributed by atoms with Crippen molar-refractivity contribution in [3.8, 4) is 5.75 Å². The van der Waals surface area contributed by atoms with Gasteiger partial charge in [-0.3, -0.25) is 4.79 Å². The number of allylic oxidation sites excluding steroid dienone is 2. The molecular weight excluding hydrogens is 691 g/mol. The van der Waals surface area contributed by atoms with E-state index in [9.17, 15) is 57.5 Å². The Labute approximate surface area is 269 Å². The Hall–Kier alpha value is -4.54. The van der Waals surface area contributed by atoms with E-state index in [4.69, 9.17) is 5.73 Å². The van der Waals surface area contributed by atoms with Crippen LogP contribution < -0.4 is 15.8 Å². The molecule has 0 bridgehead atoms. The number of nitrogens with two attached hydrogens (primary N) is 1. The van der Waals surface area contributed by atoms with Crippen LogP contribution in [0, 0.1) is 11.6 Å². The van der Waals surface area contributed by atoms with Crippen molar-refractivity contribution >= 4 is 5.91 Å². The van der Waals surface area contributed by atoms with Crippen LogP contribution in [-0.4, -0.2) is 30.8 Å². The molecule has 0 radical (unpaired) electrons. The molecule has 1 aliphatic carbocycles. The van der Waals surface area contributed by atoms with Gasteiger partial charge in [0.15, 0.2) is 0 Å². The molecule has 3 N–H and O–H groups in total. The fraction of sp³-hybridized carbons (Fsp3) is 0.281. The highest BCUT2D eigenvalue weighted by atomic mass is 19.4. The fourth-order valence-electron chi connectivity index (χ4n) is 5.11. The number of alkyl halides is 11. The first-order valence-electron chi connectivity index (χ1n) is 13.9. The van der Waals surface area contributed by atoms with Crippen LogP contribution in [0.1, 0.15) is 39.0 Å². The zero-order valence-electron chi connectivity index (χ0n) is 24.5. The van der Waals surface area contributed by atoms with Gasteiger partial charge in [-0.25, -0.2) is 13.2 Å². The summed E-state index contributed by atoms with van der Waals surface area (Å²) in [5.41, 5.74) is -2.36. The molecule has 0 saturated heterocycles. The van der Waals surface area contributed by atoms with Crippen LogP contribution >= 0.6 is 0 Å². The van der Waals surface area contributed by atoms with Crippen LogP contribution in [0.4, 0.5) is 57.1 Å². The third kappa shape index (κ3) is 8.37. The van der Waals surface area contributed by atoms with Gasteiger partial charge in [0.2, 0.25) is 0 Å². The van der Waals surface area contributed by atoms with E-state index in [2.05, 4.69) is 10.1 Å². The van der Waals surface area contributed by atoms with Crippen molar-refractivity contribution in [2.75, 3.05) is 0 Å². The van der Waals surface area contributed by atoms with Gasteiger partial charge in [0.05, 0.1) is 16.7 Å². The van der Waals surface area contributed by atoms with Crippen LogP contribution in [0.2, 0.25) is 0 Å². The lowest BCUT2D eigenvalue weighted by atomic mass is 9.74. The fourth-order valence-corrected chi connectivity index (χ4v) is 5.11. The number of nitrogens with one attached hydrogen (secondary N) is 1. The summed E-state index contributed by atoms with van der Waals surface area (Å²) in [6, 6.07) is 7.74. The van der Waals surface area contributed by atoms with E-state index in [0.717, 1.165) is 6.08 Å². The zero-order chi connectivity index (χ0) is 36.5. The number of carbonyl (C=O) groups excluding carboxylic acids is 1. The Morgan fingerprint density at radius 3 is 2.08 bits per heavy atom. The maximum absolute atomic E-state index is 15.1. The van der Waals surface area contributed by atoms with E-state index in [1.165, 1.54) is 24.3 Å². The highest BCUT2D eigenvalue weighted by Gasteiger charge is 2.47. The number of hydrogen-bond donors (Lipinski definition) is 2. The van der Waals surface area contributed by atoms with Crippen LogP contribution in [0.15, 0.2) is 84.0 Å². The number of halogens is 13. The lowest BCUT2D eigenvalue weighted by Crippen LogP contribution is -2.50. The first kappa shape index (κ1) is 37.3. The molecule has 49 heavy (non-hydrogen) atoms. The van der Waals surface area contributed by atoms with Gasteiger partial charge in [0.1, 0.15) is 23.6 Å². The summed E-state index contributed by atoms with van der Waals surface area (Å²) < 4.78 is 184. The number of benzene rings is 3. The number of carbonyl (C=O) groups is 1. The van der Waals surface area contributed by atoms with Gasteiger partial charge in [-0.05, 0) is 58.7 Å². The van der Waals surface area contributed by atoms with Gasteiger partial charge in [-0.1, -0.05) is 30.3 Å². The molecule has 3 aromatic carbocycles. The second-order valence-electron chi connectivity index (χ2n) is 10.8. The van der Waals surface area contributed by atoms with Gasteiger partial charge in [-0.2, -0.15) is 43.9 Å². The van der Waals surface area contributed by atoms with Crippen molar-refractivity contribution < 1.29 is 66.6 Å². The summed E-state index contributed by atoms with van der Waals surface area (Å²) in [6.07, 6.45) is -23.6. The van der Waals surface area contributed by atoms with Crippen LogP contribution in [-0.2, 0) is 24.7 Å². The topological polar surface area (TPSA) is 64.3 Å². The minimum atomic E-state index is -5.33. The zero-order valence-corrected chi connectivity index (χ0v) is 24.5. The molecule has 0 heterocycles. The van der Waals surface area contributed by atoms with Crippen molar-refractivity contribution in [2.24, 2.45) is 5.73 Å². The third-order valence-corrected chi connectivity index (χ3v) is 7.47. The van der Waals surface area contributed by atoms with E-state index in [1.54, 1.807) is 0 Å². The monoisotopic (exact) mass is 714 g/mol.